The number of nitrogens with two attached hydrogens (primary N) is 1. The van der Waals surface area contributed by atoms with E-state index in [9.17, 15) is 0 Å². The zero-order chi connectivity index (χ0) is 14.4. The normalized spacial score (nSPS) is 12.8. The SMILES string of the molecule is CCCN(CCN(C)C)c1ccc(C(C)N)c(Br)c1. The topological polar surface area (TPSA) is 32.5 Å². The minimum Gasteiger partial charge on any atom is -0.370 e. The quantitative estimate of drug-likeness (QED) is 0.834. The molecule has 0 amide bonds. The van der Waals surface area contributed by atoms with Crippen molar-refractivity contribution in [3.8, 4) is 0 Å². The molecule has 1 aromatic rings. The molecule has 0 fully saturated rings. The molecule has 0 saturated heterocycles. The monoisotopic (exact) mass is 327 g/mol. The van der Waals surface area contributed by atoms with Gasteiger partial charge in [0.15, 0.2) is 0 Å². The van der Waals surface area contributed by atoms with E-state index in [4.69, 9.17) is 5.73 Å². The second-order valence-corrected chi connectivity index (χ2v) is 6.14. The average Bonchev–Trinajstić information content (AvgIpc) is 2.33. The standard InChI is InChI=1S/C15H26BrN3/c1-5-8-19(10-9-18(3)4)13-6-7-14(12(2)17)15(16)11-13/h6-7,11-12H,5,8-10,17H2,1-4H3. The number of benzene rings is 1. The smallest absolute Gasteiger partial charge is 0.0378 e. The van der Waals surface area contributed by atoms with E-state index in [0.29, 0.717) is 0 Å². The molecule has 0 spiro atoms. The Bertz CT molecular complexity index is 391. The molecule has 0 bridgehead atoms. The molecular formula is C15H26BrN3. The van der Waals surface area contributed by atoms with E-state index >= 15 is 0 Å². The van der Waals surface area contributed by atoms with E-state index in [1.165, 1.54) is 5.69 Å². The maximum atomic E-state index is 5.95. The number of likely N-dealkylation sites (N-methyl/N-ethyl adjacent to an activating group) is 1. The van der Waals surface area contributed by atoms with Crippen molar-refractivity contribution >= 4 is 21.6 Å². The summed E-state index contributed by atoms with van der Waals surface area (Å²) in [5, 5.41) is 0. The summed E-state index contributed by atoms with van der Waals surface area (Å²) in [6.45, 7) is 7.42. The molecule has 1 rings (SSSR count). The Morgan fingerprint density at radius 3 is 2.37 bits per heavy atom. The van der Waals surface area contributed by atoms with Gasteiger partial charge in [0, 0.05) is 35.8 Å². The van der Waals surface area contributed by atoms with Crippen molar-refractivity contribution in [1.29, 1.82) is 0 Å². The Kier molecular flexibility index (Phi) is 6.83. The van der Waals surface area contributed by atoms with Crippen LogP contribution in [0.3, 0.4) is 0 Å². The van der Waals surface area contributed by atoms with Crippen LogP contribution in [0.1, 0.15) is 31.9 Å². The molecular weight excluding hydrogens is 302 g/mol. The Morgan fingerprint density at radius 2 is 1.89 bits per heavy atom. The fraction of sp³-hybridized carbons (Fsp3) is 0.600. The highest BCUT2D eigenvalue weighted by Gasteiger charge is 2.10. The summed E-state index contributed by atoms with van der Waals surface area (Å²) in [6, 6.07) is 6.55. The molecule has 0 heterocycles. The van der Waals surface area contributed by atoms with E-state index in [1.807, 2.05) is 6.92 Å². The number of nitrogens with zero attached hydrogens (tertiary/aromatic N) is 2. The molecule has 3 nitrogen and oxygen atoms in total. The lowest BCUT2D eigenvalue weighted by Crippen LogP contribution is -2.32. The zero-order valence-corrected chi connectivity index (χ0v) is 14.1. The number of hydrogen-bond donors (Lipinski definition) is 1. The second kappa shape index (κ2) is 7.88. The van der Waals surface area contributed by atoms with Crippen LogP contribution in [0, 0.1) is 0 Å². The van der Waals surface area contributed by atoms with Crippen molar-refractivity contribution in [1.82, 2.24) is 4.90 Å². The lowest BCUT2D eigenvalue weighted by Gasteiger charge is -2.26. The third-order valence-corrected chi connectivity index (χ3v) is 3.84. The highest BCUT2D eigenvalue weighted by atomic mass is 79.9. The van der Waals surface area contributed by atoms with Gasteiger partial charge in [0.2, 0.25) is 0 Å². The molecule has 1 aromatic carbocycles. The van der Waals surface area contributed by atoms with Crippen molar-refractivity contribution in [2.24, 2.45) is 5.73 Å². The first-order valence-electron chi connectivity index (χ1n) is 6.90. The van der Waals surface area contributed by atoms with Crippen LogP contribution in [0.2, 0.25) is 0 Å². The Morgan fingerprint density at radius 1 is 1.21 bits per heavy atom. The van der Waals surface area contributed by atoms with Crippen LogP contribution in [0.4, 0.5) is 5.69 Å². The second-order valence-electron chi connectivity index (χ2n) is 5.28. The van der Waals surface area contributed by atoms with Gasteiger partial charge in [-0.3, -0.25) is 0 Å². The zero-order valence-electron chi connectivity index (χ0n) is 12.5. The summed E-state index contributed by atoms with van der Waals surface area (Å²) >= 11 is 3.63. The molecule has 0 radical (unpaired) electrons. The van der Waals surface area contributed by atoms with Crippen molar-refractivity contribution in [2.45, 2.75) is 26.3 Å². The molecule has 108 valence electrons. The predicted molar refractivity (Wildman–Crippen MR) is 87.8 cm³/mol. The molecule has 0 aliphatic heterocycles. The summed E-state index contributed by atoms with van der Waals surface area (Å²) in [5.74, 6) is 0. The van der Waals surface area contributed by atoms with Gasteiger partial charge in [0.1, 0.15) is 0 Å². The first-order chi connectivity index (χ1) is 8.95. The summed E-state index contributed by atoms with van der Waals surface area (Å²) in [4.78, 5) is 4.64. The minimum atomic E-state index is 0.0600. The van der Waals surface area contributed by atoms with Crippen molar-refractivity contribution in [2.75, 3.05) is 38.6 Å². The molecule has 19 heavy (non-hydrogen) atoms. The predicted octanol–water partition coefficient (Wildman–Crippen LogP) is 3.25. The van der Waals surface area contributed by atoms with Gasteiger partial charge in [-0.2, -0.15) is 0 Å². The highest BCUT2D eigenvalue weighted by molar-refractivity contribution is 9.10. The maximum absolute atomic E-state index is 5.95. The summed E-state index contributed by atoms with van der Waals surface area (Å²) in [7, 11) is 4.22. The van der Waals surface area contributed by atoms with Gasteiger partial charge in [-0.15, -0.1) is 0 Å². The molecule has 0 aliphatic carbocycles. The van der Waals surface area contributed by atoms with Gasteiger partial charge in [-0.1, -0.05) is 28.9 Å². The first kappa shape index (κ1) is 16.5. The average molecular weight is 328 g/mol. The van der Waals surface area contributed by atoms with Crippen LogP contribution in [0.5, 0.6) is 0 Å². The van der Waals surface area contributed by atoms with Crippen LogP contribution >= 0.6 is 15.9 Å². The van der Waals surface area contributed by atoms with Crippen molar-refractivity contribution in [3.63, 3.8) is 0 Å². The molecule has 4 heteroatoms. The third-order valence-electron chi connectivity index (χ3n) is 3.15. The van der Waals surface area contributed by atoms with Crippen LogP contribution in [-0.4, -0.2) is 38.6 Å². The molecule has 1 unspecified atom stereocenters. The van der Waals surface area contributed by atoms with Crippen LogP contribution in [0.15, 0.2) is 22.7 Å². The molecule has 0 saturated carbocycles. The Labute approximate surface area is 125 Å². The Balaban J connectivity index is 2.87. The summed E-state index contributed by atoms with van der Waals surface area (Å²) in [6.07, 6.45) is 1.15. The van der Waals surface area contributed by atoms with E-state index < -0.39 is 0 Å². The maximum Gasteiger partial charge on any atom is 0.0378 e. The Hall–Kier alpha value is -0.580. The lowest BCUT2D eigenvalue weighted by molar-refractivity contribution is 0.413. The van der Waals surface area contributed by atoms with Gasteiger partial charge in [0.05, 0.1) is 0 Å². The fourth-order valence-corrected chi connectivity index (χ4v) is 2.77. The molecule has 0 aliphatic rings. The molecule has 0 aromatic heterocycles. The van der Waals surface area contributed by atoms with Crippen LogP contribution in [-0.2, 0) is 0 Å². The third kappa shape index (κ3) is 5.13. The van der Waals surface area contributed by atoms with Gasteiger partial charge in [0.25, 0.3) is 0 Å². The molecule has 2 N–H and O–H groups in total. The van der Waals surface area contributed by atoms with Gasteiger partial charge < -0.3 is 15.5 Å². The van der Waals surface area contributed by atoms with E-state index in [1.54, 1.807) is 0 Å². The number of anilines is 1. The minimum absolute atomic E-state index is 0.0600. The number of rotatable bonds is 7. The lowest BCUT2D eigenvalue weighted by atomic mass is 10.1. The largest absolute Gasteiger partial charge is 0.370 e. The summed E-state index contributed by atoms with van der Waals surface area (Å²) < 4.78 is 1.10. The first-order valence-corrected chi connectivity index (χ1v) is 7.69. The molecule has 1 atom stereocenters. The van der Waals surface area contributed by atoms with E-state index in [2.05, 4.69) is 64.9 Å². The van der Waals surface area contributed by atoms with Gasteiger partial charge >= 0.3 is 0 Å². The fourth-order valence-electron chi connectivity index (χ4n) is 2.04. The van der Waals surface area contributed by atoms with Crippen molar-refractivity contribution < 1.29 is 0 Å². The van der Waals surface area contributed by atoms with E-state index in [-0.39, 0.29) is 6.04 Å². The highest BCUT2D eigenvalue weighted by Crippen LogP contribution is 2.27. The van der Waals surface area contributed by atoms with Crippen LogP contribution < -0.4 is 10.6 Å². The van der Waals surface area contributed by atoms with Crippen LogP contribution in [0.25, 0.3) is 0 Å². The number of halogens is 1. The van der Waals surface area contributed by atoms with Gasteiger partial charge in [-0.05, 0) is 45.1 Å². The number of hydrogen-bond acceptors (Lipinski definition) is 3. The summed E-state index contributed by atoms with van der Waals surface area (Å²) in [5.41, 5.74) is 8.37. The van der Waals surface area contributed by atoms with E-state index in [0.717, 1.165) is 36.1 Å². The van der Waals surface area contributed by atoms with Crippen molar-refractivity contribution in [3.05, 3.63) is 28.2 Å². The van der Waals surface area contributed by atoms with Gasteiger partial charge in [-0.25, -0.2) is 0 Å².